The van der Waals surface area contributed by atoms with E-state index in [4.69, 9.17) is 11.0 Å². The van der Waals surface area contributed by atoms with Gasteiger partial charge in [-0.3, -0.25) is 0 Å². The van der Waals surface area contributed by atoms with Crippen LogP contribution in [0.5, 0.6) is 0 Å². The van der Waals surface area contributed by atoms with Crippen LogP contribution in [0.3, 0.4) is 0 Å². The van der Waals surface area contributed by atoms with E-state index >= 15 is 0 Å². The largest absolute Gasteiger partial charge is 0.329 e. The third kappa shape index (κ3) is 4.38. The first-order valence-electron chi connectivity index (χ1n) is 6.28. The SMILES string of the molecule is CCC(CC)(CN)NS(=O)(=O)c1ccc(F)c(C#N)c1.Cl. The first-order valence-corrected chi connectivity index (χ1v) is 7.76. The van der Waals surface area contributed by atoms with E-state index in [-0.39, 0.29) is 29.4 Å². The van der Waals surface area contributed by atoms with Crippen molar-refractivity contribution >= 4 is 22.4 Å². The Kier molecular flexibility index (Phi) is 7.27. The van der Waals surface area contributed by atoms with E-state index in [9.17, 15) is 12.8 Å². The highest BCUT2D eigenvalue weighted by Gasteiger charge is 2.31. The number of nitrogens with two attached hydrogens (primary N) is 1. The molecule has 0 aliphatic rings. The lowest BCUT2D eigenvalue weighted by Crippen LogP contribution is -2.52. The Morgan fingerprint density at radius 3 is 2.38 bits per heavy atom. The second kappa shape index (κ2) is 7.71. The molecule has 1 aromatic carbocycles. The predicted molar refractivity (Wildman–Crippen MR) is 81.1 cm³/mol. The van der Waals surface area contributed by atoms with Crippen molar-refractivity contribution in [3.05, 3.63) is 29.6 Å². The maximum atomic E-state index is 13.2. The van der Waals surface area contributed by atoms with Crippen LogP contribution in [0.15, 0.2) is 23.1 Å². The van der Waals surface area contributed by atoms with Gasteiger partial charge in [0.05, 0.1) is 10.5 Å². The molecule has 1 rings (SSSR count). The lowest BCUT2D eigenvalue weighted by Gasteiger charge is -2.31. The minimum absolute atomic E-state index is 0. The Bertz CT molecular complexity index is 617. The summed E-state index contributed by atoms with van der Waals surface area (Å²) in [4.78, 5) is -0.143. The first-order chi connectivity index (χ1) is 9.34. The summed E-state index contributed by atoms with van der Waals surface area (Å²) in [7, 11) is -3.85. The van der Waals surface area contributed by atoms with Gasteiger partial charge in [-0.1, -0.05) is 13.8 Å². The van der Waals surface area contributed by atoms with Gasteiger partial charge in [-0.2, -0.15) is 5.26 Å². The van der Waals surface area contributed by atoms with Crippen LogP contribution in [0, 0.1) is 17.1 Å². The van der Waals surface area contributed by atoms with Gasteiger partial charge in [0.2, 0.25) is 10.0 Å². The maximum Gasteiger partial charge on any atom is 0.241 e. The number of nitrogens with zero attached hydrogens (tertiary/aromatic N) is 1. The molecule has 0 aliphatic heterocycles. The summed E-state index contributed by atoms with van der Waals surface area (Å²) in [6.45, 7) is 3.83. The maximum absolute atomic E-state index is 13.2. The molecule has 0 amide bonds. The van der Waals surface area contributed by atoms with Gasteiger partial charge in [-0.15, -0.1) is 12.4 Å². The summed E-state index contributed by atoms with van der Waals surface area (Å²) in [5.74, 6) is -0.748. The number of hydrogen-bond acceptors (Lipinski definition) is 4. The Morgan fingerprint density at radius 2 is 1.95 bits per heavy atom. The molecule has 0 aliphatic carbocycles. The van der Waals surface area contributed by atoms with Crippen LogP contribution in [0.4, 0.5) is 4.39 Å². The summed E-state index contributed by atoms with van der Waals surface area (Å²) in [5.41, 5.74) is 4.61. The normalized spacial score (nSPS) is 11.6. The highest BCUT2D eigenvalue weighted by Crippen LogP contribution is 2.20. The smallest absolute Gasteiger partial charge is 0.241 e. The zero-order valence-electron chi connectivity index (χ0n) is 11.9. The van der Waals surface area contributed by atoms with Gasteiger partial charge in [0.15, 0.2) is 0 Å². The van der Waals surface area contributed by atoms with Crippen LogP contribution in [0.25, 0.3) is 0 Å². The summed E-state index contributed by atoms with van der Waals surface area (Å²) < 4.78 is 40.4. The van der Waals surface area contributed by atoms with Gasteiger partial charge >= 0.3 is 0 Å². The minimum Gasteiger partial charge on any atom is -0.329 e. The Hall–Kier alpha value is -1.20. The summed E-state index contributed by atoms with van der Waals surface area (Å²) >= 11 is 0. The molecular weight excluding hydrogens is 317 g/mol. The Labute approximate surface area is 130 Å². The van der Waals surface area contributed by atoms with E-state index in [2.05, 4.69) is 4.72 Å². The van der Waals surface area contributed by atoms with Crippen LogP contribution in [-0.2, 0) is 10.0 Å². The number of hydrogen-bond donors (Lipinski definition) is 2. The van der Waals surface area contributed by atoms with Crippen LogP contribution < -0.4 is 10.5 Å². The van der Waals surface area contributed by atoms with Crippen molar-refractivity contribution < 1.29 is 12.8 Å². The van der Waals surface area contributed by atoms with E-state index in [0.29, 0.717) is 12.8 Å². The fourth-order valence-electron chi connectivity index (χ4n) is 1.83. The van der Waals surface area contributed by atoms with Crippen LogP contribution in [0.2, 0.25) is 0 Å². The molecule has 1 aromatic rings. The fourth-order valence-corrected chi connectivity index (χ4v) is 3.41. The van der Waals surface area contributed by atoms with E-state index in [1.54, 1.807) is 6.07 Å². The lowest BCUT2D eigenvalue weighted by atomic mass is 9.95. The number of benzene rings is 1. The number of nitrogens with one attached hydrogen (secondary N) is 1. The molecule has 0 radical (unpaired) electrons. The standard InChI is InChI=1S/C13H18FN3O2S.ClH/c1-3-13(4-2,9-16)17-20(18,19)11-5-6-12(14)10(7-11)8-15;/h5-7,17H,3-4,9,16H2,1-2H3;1H. The number of nitriles is 1. The Balaban J connectivity index is 0.00000400. The van der Waals surface area contributed by atoms with Crippen LogP contribution >= 0.6 is 12.4 Å². The summed E-state index contributed by atoms with van der Waals surface area (Å²) in [5, 5.41) is 8.75. The molecule has 0 aromatic heterocycles. The van der Waals surface area contributed by atoms with Crippen molar-refractivity contribution in [1.29, 1.82) is 5.26 Å². The van der Waals surface area contributed by atoms with Gasteiger partial charge in [0.25, 0.3) is 0 Å². The predicted octanol–water partition coefficient (Wildman–Crippen LogP) is 1.91. The molecule has 8 heteroatoms. The molecule has 0 heterocycles. The molecule has 0 atom stereocenters. The van der Waals surface area contributed by atoms with Crippen molar-refractivity contribution in [2.45, 2.75) is 37.1 Å². The van der Waals surface area contributed by atoms with E-state index < -0.39 is 21.4 Å². The van der Waals surface area contributed by atoms with Gasteiger partial charge in [-0.25, -0.2) is 17.5 Å². The third-order valence-electron chi connectivity index (χ3n) is 3.46. The third-order valence-corrected chi connectivity index (χ3v) is 5.04. The lowest BCUT2D eigenvalue weighted by molar-refractivity contribution is 0.363. The molecule has 0 saturated heterocycles. The van der Waals surface area contributed by atoms with Gasteiger partial charge < -0.3 is 5.73 Å². The van der Waals surface area contributed by atoms with E-state index in [1.807, 2.05) is 13.8 Å². The molecule has 0 bridgehead atoms. The molecule has 0 saturated carbocycles. The van der Waals surface area contributed by atoms with Crippen molar-refractivity contribution in [2.24, 2.45) is 5.73 Å². The van der Waals surface area contributed by atoms with Crippen LogP contribution in [-0.4, -0.2) is 20.5 Å². The van der Waals surface area contributed by atoms with Gasteiger partial charge in [0, 0.05) is 12.1 Å². The highest BCUT2D eigenvalue weighted by molar-refractivity contribution is 7.89. The quantitative estimate of drug-likeness (QED) is 0.830. The second-order valence-corrected chi connectivity index (χ2v) is 6.23. The van der Waals surface area contributed by atoms with Crippen molar-refractivity contribution in [3.63, 3.8) is 0 Å². The Morgan fingerprint density at radius 1 is 1.38 bits per heavy atom. The van der Waals surface area contributed by atoms with Crippen LogP contribution in [0.1, 0.15) is 32.3 Å². The van der Waals surface area contributed by atoms with Gasteiger partial charge in [0.1, 0.15) is 11.9 Å². The molecule has 21 heavy (non-hydrogen) atoms. The summed E-state index contributed by atoms with van der Waals surface area (Å²) in [6, 6.07) is 4.74. The molecular formula is C13H19ClFN3O2S. The van der Waals surface area contributed by atoms with Crippen molar-refractivity contribution in [1.82, 2.24) is 4.72 Å². The first kappa shape index (κ1) is 19.8. The molecule has 118 valence electrons. The molecule has 5 nitrogen and oxygen atoms in total. The van der Waals surface area contributed by atoms with Crippen molar-refractivity contribution in [2.75, 3.05) is 6.54 Å². The molecule has 3 N–H and O–H groups in total. The molecule has 0 spiro atoms. The van der Waals surface area contributed by atoms with Gasteiger partial charge in [-0.05, 0) is 31.0 Å². The monoisotopic (exact) mass is 335 g/mol. The average molecular weight is 336 g/mol. The molecule has 0 unspecified atom stereocenters. The zero-order valence-corrected chi connectivity index (χ0v) is 13.5. The van der Waals surface area contributed by atoms with E-state index in [0.717, 1.165) is 18.2 Å². The second-order valence-electron chi connectivity index (χ2n) is 4.55. The number of halogens is 2. The summed E-state index contributed by atoms with van der Waals surface area (Å²) in [6.07, 6.45) is 1.07. The number of rotatable bonds is 6. The average Bonchev–Trinajstić information content (AvgIpc) is 2.45. The fraction of sp³-hybridized carbons (Fsp3) is 0.462. The minimum atomic E-state index is -3.85. The van der Waals surface area contributed by atoms with E-state index in [1.165, 1.54) is 0 Å². The topological polar surface area (TPSA) is 96.0 Å². The molecule has 0 fully saturated rings. The highest BCUT2D eigenvalue weighted by atomic mass is 35.5. The number of sulfonamides is 1. The zero-order chi connectivity index (χ0) is 15.4. The van der Waals surface area contributed by atoms with Crippen molar-refractivity contribution in [3.8, 4) is 6.07 Å².